The second kappa shape index (κ2) is 8.90. The molecule has 0 fully saturated rings. The number of rotatable bonds is 6. The van der Waals surface area contributed by atoms with Gasteiger partial charge < -0.3 is 14.1 Å². The molecule has 0 N–H and O–H groups in total. The molecular weight excluding hydrogens is 435 g/mol. The number of carbonyl (C=O) groups is 1. The van der Waals surface area contributed by atoms with Crippen molar-refractivity contribution in [3.8, 4) is 5.75 Å². The Labute approximate surface area is 188 Å². The normalized spacial score (nSPS) is 17.2. The molecule has 1 aliphatic rings. The Bertz CT molecular complexity index is 969. The van der Waals surface area contributed by atoms with E-state index in [-0.39, 0.29) is 17.5 Å². The van der Waals surface area contributed by atoms with Gasteiger partial charge in [-0.05, 0) is 48.0 Å². The third-order valence-corrected chi connectivity index (χ3v) is 10.7. The molecule has 0 spiro atoms. The van der Waals surface area contributed by atoms with E-state index in [9.17, 15) is 18.0 Å². The quantitative estimate of drug-likeness (QED) is 0.463. The zero-order valence-corrected chi connectivity index (χ0v) is 20.1. The van der Waals surface area contributed by atoms with E-state index in [1.807, 2.05) is 0 Å². The highest BCUT2D eigenvalue weighted by molar-refractivity contribution is 6.74. The van der Waals surface area contributed by atoms with Crippen molar-refractivity contribution in [3.63, 3.8) is 0 Å². The first-order chi connectivity index (χ1) is 14.8. The first-order valence-electron chi connectivity index (χ1n) is 10.7. The van der Waals surface area contributed by atoms with Crippen molar-refractivity contribution in [1.29, 1.82) is 0 Å². The van der Waals surface area contributed by atoms with Crippen LogP contribution in [-0.2, 0) is 21.9 Å². The van der Waals surface area contributed by atoms with Gasteiger partial charge >= 0.3 is 6.18 Å². The third-order valence-electron chi connectivity index (χ3n) is 6.21. The van der Waals surface area contributed by atoms with Crippen LogP contribution in [-0.4, -0.2) is 26.9 Å². The topological polar surface area (TPSA) is 38.8 Å². The van der Waals surface area contributed by atoms with E-state index in [2.05, 4.69) is 33.9 Å². The summed E-state index contributed by atoms with van der Waals surface area (Å²) in [5.41, 5.74) is 0.223. The molecular formula is C24H30F3NO3Si. The minimum absolute atomic E-state index is 0.0305. The Hall–Kier alpha value is -2.32. The van der Waals surface area contributed by atoms with E-state index in [4.69, 9.17) is 9.16 Å². The number of fused-ring (bicyclic) bond motifs is 1. The Morgan fingerprint density at radius 1 is 1.06 bits per heavy atom. The van der Waals surface area contributed by atoms with Gasteiger partial charge in [0.2, 0.25) is 0 Å². The number of alkyl halides is 3. The number of hydrogen-bond acceptors (Lipinski definition) is 3. The summed E-state index contributed by atoms with van der Waals surface area (Å²) in [5.74, 6) is 0.261. The number of nitrogens with zero attached hydrogens (tertiary/aromatic N) is 1. The molecule has 174 valence electrons. The number of ether oxygens (including phenoxy) is 1. The Balaban J connectivity index is 1.80. The summed E-state index contributed by atoms with van der Waals surface area (Å²) in [4.78, 5) is 14.8. The molecule has 0 bridgehead atoms. The molecule has 1 unspecified atom stereocenters. The molecule has 0 aromatic heterocycles. The minimum Gasteiger partial charge on any atom is -0.478 e. The van der Waals surface area contributed by atoms with Gasteiger partial charge in [0.15, 0.2) is 14.4 Å². The van der Waals surface area contributed by atoms with Crippen LogP contribution in [0.15, 0.2) is 48.5 Å². The van der Waals surface area contributed by atoms with Crippen LogP contribution < -0.4 is 9.64 Å². The summed E-state index contributed by atoms with van der Waals surface area (Å²) in [6.07, 6.45) is -4.81. The first-order valence-corrected chi connectivity index (χ1v) is 13.6. The Kier molecular flexibility index (Phi) is 6.77. The Morgan fingerprint density at radius 2 is 1.75 bits per heavy atom. The SMILES string of the molecule is CC(C)(C)[Si](C)(C)OCCC1Oc2ccccc2N(Cc2cccc(C(F)(F)F)c2)C1=O. The van der Waals surface area contributed by atoms with E-state index in [0.717, 1.165) is 12.1 Å². The molecule has 1 heterocycles. The third kappa shape index (κ3) is 5.35. The molecule has 0 saturated carbocycles. The monoisotopic (exact) mass is 465 g/mol. The summed E-state index contributed by atoms with van der Waals surface area (Å²) in [6.45, 7) is 11.1. The number of para-hydroxylation sites is 2. The fourth-order valence-electron chi connectivity index (χ4n) is 3.29. The molecule has 1 atom stereocenters. The number of benzene rings is 2. The summed E-state index contributed by atoms with van der Waals surface area (Å²) in [7, 11) is -1.97. The largest absolute Gasteiger partial charge is 0.478 e. The second-order valence-corrected chi connectivity index (χ2v) is 14.4. The van der Waals surface area contributed by atoms with Crippen molar-refractivity contribution in [2.24, 2.45) is 0 Å². The summed E-state index contributed by atoms with van der Waals surface area (Å²) in [5, 5.41) is 0.0482. The van der Waals surface area contributed by atoms with Gasteiger partial charge in [-0.25, -0.2) is 0 Å². The van der Waals surface area contributed by atoms with Crippen LogP contribution in [0.1, 0.15) is 38.3 Å². The van der Waals surface area contributed by atoms with Crippen molar-refractivity contribution in [2.45, 2.75) is 64.1 Å². The molecule has 8 heteroatoms. The van der Waals surface area contributed by atoms with Crippen molar-refractivity contribution in [1.82, 2.24) is 0 Å². The van der Waals surface area contributed by atoms with Crippen LogP contribution in [0.3, 0.4) is 0 Å². The standard InChI is InChI=1S/C24H30F3NO3Si/c1-23(2,3)32(4,5)30-14-13-21-22(29)28(19-11-6-7-12-20(19)31-21)16-17-9-8-10-18(15-17)24(25,26)27/h6-12,15,21H,13-14,16H2,1-5H3. The van der Waals surface area contributed by atoms with E-state index in [1.165, 1.54) is 11.0 Å². The van der Waals surface area contributed by atoms with Crippen LogP contribution in [0.25, 0.3) is 0 Å². The van der Waals surface area contributed by atoms with Crippen molar-refractivity contribution < 1.29 is 27.1 Å². The van der Waals surface area contributed by atoms with Crippen LogP contribution in [0.5, 0.6) is 5.75 Å². The van der Waals surface area contributed by atoms with Crippen LogP contribution in [0.4, 0.5) is 18.9 Å². The average molecular weight is 466 g/mol. The maximum Gasteiger partial charge on any atom is 0.416 e. The second-order valence-electron chi connectivity index (χ2n) is 9.59. The van der Waals surface area contributed by atoms with E-state index in [0.29, 0.717) is 30.0 Å². The van der Waals surface area contributed by atoms with Crippen LogP contribution >= 0.6 is 0 Å². The fraction of sp³-hybridized carbons (Fsp3) is 0.458. The van der Waals surface area contributed by atoms with Gasteiger partial charge in [-0.2, -0.15) is 13.2 Å². The number of amides is 1. The molecule has 2 aromatic rings. The zero-order chi connectivity index (χ0) is 23.7. The zero-order valence-electron chi connectivity index (χ0n) is 19.1. The van der Waals surface area contributed by atoms with Crippen LogP contribution in [0, 0.1) is 0 Å². The highest BCUT2D eigenvalue weighted by Crippen LogP contribution is 2.38. The lowest BCUT2D eigenvalue weighted by atomic mass is 10.1. The minimum atomic E-state index is -4.44. The van der Waals surface area contributed by atoms with E-state index in [1.54, 1.807) is 30.3 Å². The van der Waals surface area contributed by atoms with Gasteiger partial charge in [0.25, 0.3) is 5.91 Å². The van der Waals surface area contributed by atoms with E-state index >= 15 is 0 Å². The summed E-state index contributed by atoms with van der Waals surface area (Å²) >= 11 is 0. The summed E-state index contributed by atoms with van der Waals surface area (Å²) < 4.78 is 51.6. The van der Waals surface area contributed by atoms with Gasteiger partial charge in [0, 0.05) is 13.0 Å². The van der Waals surface area contributed by atoms with Gasteiger partial charge in [0.1, 0.15) is 5.75 Å². The lowest BCUT2D eigenvalue weighted by Crippen LogP contribution is -2.47. The van der Waals surface area contributed by atoms with Crippen molar-refractivity contribution >= 4 is 19.9 Å². The van der Waals surface area contributed by atoms with Gasteiger partial charge in [-0.3, -0.25) is 4.79 Å². The first kappa shape index (κ1) is 24.3. The van der Waals surface area contributed by atoms with Crippen molar-refractivity contribution in [3.05, 3.63) is 59.7 Å². The Morgan fingerprint density at radius 3 is 2.41 bits per heavy atom. The number of anilines is 1. The highest BCUT2D eigenvalue weighted by Gasteiger charge is 2.39. The molecule has 0 saturated heterocycles. The highest BCUT2D eigenvalue weighted by atomic mass is 28.4. The predicted molar refractivity (Wildman–Crippen MR) is 121 cm³/mol. The molecule has 0 aliphatic carbocycles. The predicted octanol–water partition coefficient (Wildman–Crippen LogP) is 6.41. The lowest BCUT2D eigenvalue weighted by molar-refractivity contribution is -0.137. The number of hydrogen-bond donors (Lipinski definition) is 0. The fourth-order valence-corrected chi connectivity index (χ4v) is 4.35. The molecule has 32 heavy (non-hydrogen) atoms. The average Bonchev–Trinajstić information content (AvgIpc) is 2.69. The summed E-state index contributed by atoms with van der Waals surface area (Å²) in [6, 6.07) is 12.2. The lowest BCUT2D eigenvalue weighted by Gasteiger charge is -2.37. The number of halogens is 3. The molecule has 4 nitrogen and oxygen atoms in total. The number of carbonyl (C=O) groups excluding carboxylic acids is 1. The van der Waals surface area contributed by atoms with Crippen molar-refractivity contribution in [2.75, 3.05) is 11.5 Å². The van der Waals surface area contributed by atoms with E-state index < -0.39 is 26.2 Å². The smallest absolute Gasteiger partial charge is 0.416 e. The van der Waals surface area contributed by atoms with Gasteiger partial charge in [0.05, 0.1) is 17.8 Å². The molecule has 1 aliphatic heterocycles. The van der Waals surface area contributed by atoms with Gasteiger partial charge in [-0.15, -0.1) is 0 Å². The van der Waals surface area contributed by atoms with Gasteiger partial charge in [-0.1, -0.05) is 45.0 Å². The maximum absolute atomic E-state index is 13.3. The molecule has 1 amide bonds. The van der Waals surface area contributed by atoms with Crippen LogP contribution in [0.2, 0.25) is 18.1 Å². The maximum atomic E-state index is 13.3. The molecule has 2 aromatic carbocycles. The molecule has 3 rings (SSSR count). The molecule has 0 radical (unpaired) electrons.